The summed E-state index contributed by atoms with van der Waals surface area (Å²) in [6, 6.07) is -0.636. The molecule has 0 bridgehead atoms. The Morgan fingerprint density at radius 1 is 1.18 bits per heavy atom. The number of halogens is 1. The number of nitrogens with two attached hydrogens (primary N) is 1. The summed E-state index contributed by atoms with van der Waals surface area (Å²) in [5.74, 6) is -6.06. The Morgan fingerprint density at radius 2 is 1.91 bits per heavy atom. The van der Waals surface area contributed by atoms with E-state index in [1.165, 1.54) is 17.6 Å². The van der Waals surface area contributed by atoms with Gasteiger partial charge < -0.3 is 46.7 Å². The number of carbonyl (C=O) groups excluding carboxylic acids is 4. The van der Waals surface area contributed by atoms with Crippen LogP contribution in [0.5, 0.6) is 11.5 Å². The minimum absolute atomic E-state index is 0.00484. The van der Waals surface area contributed by atoms with Crippen molar-refractivity contribution < 1.29 is 57.1 Å². The molecule has 9 N–H and O–H groups in total. The number of oxime groups is 1. The van der Waals surface area contributed by atoms with Gasteiger partial charge in [0, 0.05) is 37.5 Å². The number of benzene rings is 1. The van der Waals surface area contributed by atoms with Gasteiger partial charge in [-0.1, -0.05) is 16.8 Å². The Morgan fingerprint density at radius 3 is 2.56 bits per heavy atom. The predicted octanol–water partition coefficient (Wildman–Crippen LogP) is -0.0220. The van der Waals surface area contributed by atoms with Gasteiger partial charge in [0.25, 0.3) is 23.6 Å². The molecule has 2 fully saturated rings. The van der Waals surface area contributed by atoms with Crippen molar-refractivity contribution in [3.63, 3.8) is 0 Å². The second-order valence-corrected chi connectivity index (χ2v) is 16.3. The molecule has 25 heteroatoms. The third kappa shape index (κ3) is 9.22. The number of β-lactam (4-membered cyclic amide) rings is 1. The minimum atomic E-state index is -5.13. The summed E-state index contributed by atoms with van der Waals surface area (Å²) in [6.45, 7) is 3.75. The fourth-order valence-corrected chi connectivity index (χ4v) is 8.06. The number of rotatable bonds is 15. The Labute approximate surface area is 325 Å². The van der Waals surface area contributed by atoms with Crippen molar-refractivity contribution in [3.8, 4) is 11.5 Å². The van der Waals surface area contributed by atoms with Crippen LogP contribution in [-0.4, -0.2) is 133 Å². The van der Waals surface area contributed by atoms with Crippen LogP contribution in [0.2, 0.25) is 5.02 Å². The lowest BCUT2D eigenvalue weighted by atomic mass is 9.98. The molecule has 2 aromatic heterocycles. The maximum absolute atomic E-state index is 13.3. The number of hydrogen-bond donors (Lipinski definition) is 8. The lowest BCUT2D eigenvalue weighted by Crippen LogP contribution is -2.74. The lowest BCUT2D eigenvalue weighted by molar-refractivity contribution is -0.161. The molecule has 0 radical (unpaired) electrons. The van der Waals surface area contributed by atoms with Crippen LogP contribution in [0.4, 0.5) is 5.13 Å². The molecule has 21 nitrogen and oxygen atoms in total. The van der Waals surface area contributed by atoms with E-state index in [4.69, 9.17) is 22.2 Å². The normalized spacial score (nSPS) is 19.1. The molecule has 0 spiro atoms. The van der Waals surface area contributed by atoms with Gasteiger partial charge in [-0.2, -0.15) is 8.42 Å². The Balaban J connectivity index is 1.18. The zero-order chi connectivity index (χ0) is 40.4. The Kier molecular flexibility index (Phi) is 12.2. The van der Waals surface area contributed by atoms with E-state index in [1.54, 1.807) is 0 Å². The monoisotopic (exact) mass is 843 g/mol. The number of nitrogens with zero attached hydrogens (tertiary/aromatic N) is 5. The third-order valence-corrected chi connectivity index (χ3v) is 11.6. The van der Waals surface area contributed by atoms with Gasteiger partial charge in [-0.15, -0.1) is 22.7 Å². The number of aliphatic carboxylic acids is 1. The van der Waals surface area contributed by atoms with Crippen LogP contribution in [-0.2, 0) is 29.5 Å². The number of nitrogens with one attached hydrogen (secondary N) is 3. The van der Waals surface area contributed by atoms with Gasteiger partial charge in [-0.05, 0) is 38.9 Å². The molecule has 0 unspecified atom stereocenters. The Bertz CT molecular complexity index is 2160. The number of amides is 4. The Hall–Kier alpha value is -5.14. The van der Waals surface area contributed by atoms with Crippen molar-refractivity contribution in [1.82, 2.24) is 35.1 Å². The van der Waals surface area contributed by atoms with Crippen LogP contribution in [0.1, 0.15) is 56.9 Å². The maximum atomic E-state index is 13.3. The highest BCUT2D eigenvalue weighted by atomic mass is 35.5. The van der Waals surface area contributed by atoms with E-state index in [0.717, 1.165) is 42.6 Å². The molecule has 5 rings (SSSR count). The zero-order valence-electron chi connectivity index (χ0n) is 28.8. The molecule has 296 valence electrons. The van der Waals surface area contributed by atoms with E-state index in [1.807, 2.05) is 0 Å². The molecule has 0 saturated carbocycles. The quantitative estimate of drug-likeness (QED) is 0.0328. The van der Waals surface area contributed by atoms with Gasteiger partial charge in [0.1, 0.15) is 16.6 Å². The van der Waals surface area contributed by atoms with E-state index in [9.17, 15) is 52.3 Å². The van der Waals surface area contributed by atoms with Crippen LogP contribution in [0.3, 0.4) is 0 Å². The first kappa shape index (κ1) is 41.0. The van der Waals surface area contributed by atoms with Gasteiger partial charge in [-0.25, -0.2) is 19.1 Å². The standard InChI is InChI=1S/C30H34ClN9O12S3/c1-30(2,28(47)48)52-38-20(15-12-53-29(32)36-15)25(45)37-21-16(40(27(21)46)55(49,50)51)9-34-24(44)18-10-35-26(54-18)13-5-7-39(11-13)8-6-33-23(43)14-3-4-17(41)22(42)19(14)31/h3-4,10,12-13,16,21,41-42H,5-9,11H2,1-2H3,(H2,32,36)(H,33,43)(H,34,44)(H,37,45)(H,47,48)(H,49,50,51)/b38-20-/t13-,16-,21+/m1/s1. The fraction of sp³-hybridized carbons (Fsp3) is 0.400. The highest BCUT2D eigenvalue weighted by Gasteiger charge is 2.54. The summed E-state index contributed by atoms with van der Waals surface area (Å²) in [4.78, 5) is 78.9. The number of thiazole rings is 2. The van der Waals surface area contributed by atoms with Gasteiger partial charge in [0.15, 0.2) is 22.3 Å². The number of nitrogen functional groups attached to an aromatic ring is 1. The second kappa shape index (κ2) is 16.3. The van der Waals surface area contributed by atoms with Crippen molar-refractivity contribution in [1.29, 1.82) is 0 Å². The minimum Gasteiger partial charge on any atom is -0.504 e. The number of phenolic OH excluding ortho intramolecular Hbond substituents is 2. The van der Waals surface area contributed by atoms with E-state index in [2.05, 4.69) is 36.0 Å². The summed E-state index contributed by atoms with van der Waals surface area (Å²) in [5, 5.41) is 41.5. The number of anilines is 1. The van der Waals surface area contributed by atoms with Gasteiger partial charge in [0.05, 0.1) is 27.8 Å². The number of aromatic nitrogens is 2. The number of aromatic hydroxyl groups is 2. The molecule has 55 heavy (non-hydrogen) atoms. The van der Waals surface area contributed by atoms with Crippen LogP contribution < -0.4 is 21.7 Å². The molecule has 2 aliphatic heterocycles. The molecule has 3 aromatic rings. The zero-order valence-corrected chi connectivity index (χ0v) is 32.0. The fourth-order valence-electron chi connectivity index (χ4n) is 5.43. The second-order valence-electron chi connectivity index (χ2n) is 12.7. The highest BCUT2D eigenvalue weighted by molar-refractivity contribution is 7.84. The number of likely N-dealkylation sites (tertiary alicyclic amines) is 1. The van der Waals surface area contributed by atoms with E-state index in [0.29, 0.717) is 31.1 Å². The molecular formula is C30H34ClN9O12S3. The van der Waals surface area contributed by atoms with Crippen LogP contribution in [0.15, 0.2) is 28.9 Å². The largest absolute Gasteiger partial charge is 0.504 e. The summed E-state index contributed by atoms with van der Waals surface area (Å²) in [7, 11) is -5.13. The smallest absolute Gasteiger partial charge is 0.362 e. The lowest BCUT2D eigenvalue weighted by Gasteiger charge is -2.44. The average Bonchev–Trinajstić information content (AvgIpc) is 3.89. The molecular weight excluding hydrogens is 810 g/mol. The van der Waals surface area contributed by atoms with Crippen molar-refractivity contribution in [3.05, 3.63) is 49.9 Å². The highest BCUT2D eigenvalue weighted by Crippen LogP contribution is 2.35. The molecule has 1 aromatic carbocycles. The van der Waals surface area contributed by atoms with Gasteiger partial charge in [0.2, 0.25) is 5.60 Å². The first-order valence-electron chi connectivity index (χ1n) is 16.1. The van der Waals surface area contributed by atoms with Crippen molar-refractivity contribution >= 4 is 85.0 Å². The average molecular weight is 844 g/mol. The van der Waals surface area contributed by atoms with E-state index < -0.39 is 81.3 Å². The van der Waals surface area contributed by atoms with Crippen molar-refractivity contribution in [2.45, 2.75) is 43.9 Å². The number of carbonyl (C=O) groups is 5. The van der Waals surface area contributed by atoms with Gasteiger partial charge in [-0.3, -0.25) is 23.7 Å². The topological polar surface area (TPSA) is 316 Å². The van der Waals surface area contributed by atoms with E-state index >= 15 is 0 Å². The number of carboxylic acid groups (broad SMARTS) is 1. The third-order valence-electron chi connectivity index (χ3n) is 8.46. The molecule has 4 heterocycles. The molecule has 4 amide bonds. The molecule has 2 aliphatic rings. The predicted molar refractivity (Wildman–Crippen MR) is 195 cm³/mol. The van der Waals surface area contributed by atoms with Gasteiger partial charge >= 0.3 is 16.3 Å². The maximum Gasteiger partial charge on any atom is 0.362 e. The van der Waals surface area contributed by atoms with Crippen LogP contribution >= 0.6 is 34.3 Å². The summed E-state index contributed by atoms with van der Waals surface area (Å²) < 4.78 is 33.9. The summed E-state index contributed by atoms with van der Waals surface area (Å²) in [5.41, 5.74) is 3.06. The van der Waals surface area contributed by atoms with E-state index in [-0.39, 0.29) is 43.1 Å². The molecule has 3 atom stereocenters. The van der Waals surface area contributed by atoms with Crippen molar-refractivity contribution in [2.75, 3.05) is 38.5 Å². The summed E-state index contributed by atoms with van der Waals surface area (Å²) >= 11 is 7.98. The molecule has 2 saturated heterocycles. The van der Waals surface area contributed by atoms with Crippen molar-refractivity contribution in [2.24, 2.45) is 5.16 Å². The SMILES string of the molecule is CC(C)(O/N=C(\C(=O)N[C@@H]1C(=O)N(S(=O)(=O)O)[C@@H]1CNC(=O)c1cnc([C@@H]2CCN(CCNC(=O)c3ccc(O)c(O)c3Cl)C2)s1)c1csc(N)n1)C(=O)O. The number of carboxylic acids is 1. The molecule has 0 aliphatic carbocycles. The first-order valence-corrected chi connectivity index (χ1v) is 19.5. The van der Waals surface area contributed by atoms with Crippen LogP contribution in [0, 0.1) is 0 Å². The van der Waals surface area contributed by atoms with Crippen LogP contribution in [0.25, 0.3) is 0 Å². The summed E-state index contributed by atoms with van der Waals surface area (Å²) in [6.07, 6.45) is 2.04. The number of phenols is 2. The first-order chi connectivity index (χ1) is 25.8. The number of hydrogen-bond acceptors (Lipinski definition) is 17.